The van der Waals surface area contributed by atoms with Gasteiger partial charge in [-0.2, -0.15) is 5.26 Å². The molecule has 0 atom stereocenters. The molecule has 33 heavy (non-hydrogen) atoms. The average Bonchev–Trinajstić information content (AvgIpc) is 3.23. The molecule has 0 amide bonds. The second-order valence-corrected chi connectivity index (χ2v) is 8.07. The molecule has 4 aromatic carbocycles. The van der Waals surface area contributed by atoms with Gasteiger partial charge in [-0.3, -0.25) is 4.98 Å². The molecular formula is C30H19N3. The molecule has 0 aliphatic heterocycles. The molecule has 0 fully saturated rings. The number of benzene rings is 4. The topological polar surface area (TPSA) is 41.6 Å². The summed E-state index contributed by atoms with van der Waals surface area (Å²) in [5.41, 5.74) is 8.38. The summed E-state index contributed by atoms with van der Waals surface area (Å²) in [5.74, 6) is 0. The molecule has 0 saturated carbocycles. The molecule has 2 aromatic heterocycles. The Balaban J connectivity index is 1.53. The zero-order valence-corrected chi connectivity index (χ0v) is 17.8. The minimum atomic E-state index is 0.563. The third-order valence-corrected chi connectivity index (χ3v) is 6.08. The molecule has 2 heterocycles. The average molecular weight is 422 g/mol. The standard InChI is InChI=1S/C30H19N3/c31-18-21-15-25(20-32-19-21)23-8-6-7-22(16-23)24-13-14-30-28(17-24)27-11-4-5-12-29(27)33(30)26-9-2-1-3-10-26/h1-17,19-20H. The normalized spacial score (nSPS) is 11.0. The summed E-state index contributed by atoms with van der Waals surface area (Å²) in [7, 11) is 0. The molecule has 0 N–H and O–H groups in total. The van der Waals surface area contributed by atoms with Crippen LogP contribution in [0.2, 0.25) is 0 Å². The SMILES string of the molecule is N#Cc1cncc(-c2cccc(-c3ccc4c(c3)c3ccccc3n4-c3ccccc3)c2)c1. The molecule has 0 saturated heterocycles. The van der Waals surface area contributed by atoms with Crippen LogP contribution in [0.25, 0.3) is 49.7 Å². The Bertz CT molecular complexity index is 1670. The summed E-state index contributed by atoms with van der Waals surface area (Å²) < 4.78 is 2.32. The lowest BCUT2D eigenvalue weighted by Crippen LogP contribution is -1.92. The number of rotatable bonds is 3. The van der Waals surface area contributed by atoms with Gasteiger partial charge in [0, 0.05) is 34.4 Å². The highest BCUT2D eigenvalue weighted by Crippen LogP contribution is 2.35. The van der Waals surface area contributed by atoms with Crippen molar-refractivity contribution in [3.63, 3.8) is 0 Å². The van der Waals surface area contributed by atoms with Crippen LogP contribution in [0.4, 0.5) is 0 Å². The number of nitriles is 1. The molecule has 0 spiro atoms. The molecular weight excluding hydrogens is 402 g/mol. The second-order valence-electron chi connectivity index (χ2n) is 8.07. The summed E-state index contributed by atoms with van der Waals surface area (Å²) in [6.07, 6.45) is 3.39. The third kappa shape index (κ3) is 3.26. The van der Waals surface area contributed by atoms with E-state index in [9.17, 15) is 5.26 Å². The van der Waals surface area contributed by atoms with Gasteiger partial charge in [-0.05, 0) is 59.2 Å². The van der Waals surface area contributed by atoms with E-state index in [1.54, 1.807) is 12.4 Å². The lowest BCUT2D eigenvalue weighted by molar-refractivity contribution is 1.18. The van der Waals surface area contributed by atoms with Crippen LogP contribution < -0.4 is 0 Å². The largest absolute Gasteiger partial charge is 0.309 e. The highest BCUT2D eigenvalue weighted by molar-refractivity contribution is 6.10. The first-order valence-electron chi connectivity index (χ1n) is 10.9. The van der Waals surface area contributed by atoms with Crippen LogP contribution in [0, 0.1) is 11.3 Å². The summed E-state index contributed by atoms with van der Waals surface area (Å²) in [4.78, 5) is 4.22. The maximum atomic E-state index is 9.22. The third-order valence-electron chi connectivity index (χ3n) is 6.08. The van der Waals surface area contributed by atoms with Gasteiger partial charge in [-0.25, -0.2) is 0 Å². The molecule has 0 bridgehead atoms. The minimum Gasteiger partial charge on any atom is -0.309 e. The van der Waals surface area contributed by atoms with Crippen molar-refractivity contribution in [1.29, 1.82) is 5.26 Å². The molecule has 3 heteroatoms. The lowest BCUT2D eigenvalue weighted by atomic mass is 9.98. The quantitative estimate of drug-likeness (QED) is 0.299. The summed E-state index contributed by atoms with van der Waals surface area (Å²) in [6.45, 7) is 0. The second kappa shape index (κ2) is 7.78. The van der Waals surface area contributed by atoms with Gasteiger partial charge in [0.15, 0.2) is 0 Å². The predicted molar refractivity (Wildman–Crippen MR) is 134 cm³/mol. The van der Waals surface area contributed by atoms with Crippen molar-refractivity contribution < 1.29 is 0 Å². The Labute approximate surface area is 191 Å². The highest BCUT2D eigenvalue weighted by atomic mass is 15.0. The molecule has 6 rings (SSSR count). The Morgan fingerprint density at radius 1 is 0.576 bits per heavy atom. The number of hydrogen-bond donors (Lipinski definition) is 0. The van der Waals surface area contributed by atoms with Crippen molar-refractivity contribution in [3.05, 3.63) is 121 Å². The van der Waals surface area contributed by atoms with E-state index in [1.165, 1.54) is 21.8 Å². The maximum absolute atomic E-state index is 9.22. The smallest absolute Gasteiger partial charge is 0.101 e. The van der Waals surface area contributed by atoms with Crippen LogP contribution in [0.15, 0.2) is 116 Å². The lowest BCUT2D eigenvalue weighted by Gasteiger charge is -2.09. The van der Waals surface area contributed by atoms with E-state index >= 15 is 0 Å². The molecule has 0 radical (unpaired) electrons. The fourth-order valence-electron chi connectivity index (χ4n) is 4.54. The number of hydrogen-bond acceptors (Lipinski definition) is 2. The van der Waals surface area contributed by atoms with E-state index in [1.807, 2.05) is 12.1 Å². The van der Waals surface area contributed by atoms with Crippen LogP contribution in [0.5, 0.6) is 0 Å². The number of nitrogens with zero attached hydrogens (tertiary/aromatic N) is 3. The van der Waals surface area contributed by atoms with Crippen LogP contribution in [0.1, 0.15) is 5.56 Å². The van der Waals surface area contributed by atoms with Crippen molar-refractivity contribution in [1.82, 2.24) is 9.55 Å². The van der Waals surface area contributed by atoms with Crippen LogP contribution in [-0.2, 0) is 0 Å². The molecule has 0 aliphatic carbocycles. The zero-order valence-electron chi connectivity index (χ0n) is 17.8. The molecule has 0 unspecified atom stereocenters. The van der Waals surface area contributed by atoms with Gasteiger partial charge in [-0.1, -0.05) is 60.7 Å². The fraction of sp³-hybridized carbons (Fsp3) is 0. The Kier molecular flexibility index (Phi) is 4.49. The number of pyridine rings is 1. The van der Waals surface area contributed by atoms with Crippen molar-refractivity contribution in [2.24, 2.45) is 0 Å². The van der Waals surface area contributed by atoms with E-state index in [-0.39, 0.29) is 0 Å². The zero-order chi connectivity index (χ0) is 22.2. The minimum absolute atomic E-state index is 0.563. The fourth-order valence-corrected chi connectivity index (χ4v) is 4.54. The van der Waals surface area contributed by atoms with Crippen LogP contribution in [0.3, 0.4) is 0 Å². The van der Waals surface area contributed by atoms with E-state index in [4.69, 9.17) is 0 Å². The van der Waals surface area contributed by atoms with Crippen molar-refractivity contribution in [3.8, 4) is 34.0 Å². The first-order chi connectivity index (χ1) is 16.3. The molecule has 3 nitrogen and oxygen atoms in total. The Hall–Kier alpha value is -4.68. The van der Waals surface area contributed by atoms with E-state index < -0.39 is 0 Å². The maximum Gasteiger partial charge on any atom is 0.101 e. The van der Waals surface area contributed by atoms with Crippen LogP contribution >= 0.6 is 0 Å². The molecule has 154 valence electrons. The van der Waals surface area contributed by atoms with Crippen molar-refractivity contribution in [2.75, 3.05) is 0 Å². The first-order valence-corrected chi connectivity index (χ1v) is 10.9. The van der Waals surface area contributed by atoms with Gasteiger partial charge in [0.2, 0.25) is 0 Å². The van der Waals surface area contributed by atoms with E-state index in [0.717, 1.165) is 27.9 Å². The Morgan fingerprint density at radius 2 is 1.30 bits per heavy atom. The predicted octanol–water partition coefficient (Wildman–Crippen LogP) is 7.38. The van der Waals surface area contributed by atoms with Gasteiger partial charge < -0.3 is 4.57 Å². The molecule has 0 aliphatic rings. The van der Waals surface area contributed by atoms with Crippen molar-refractivity contribution in [2.45, 2.75) is 0 Å². The summed E-state index contributed by atoms with van der Waals surface area (Å²) in [5, 5.41) is 11.7. The number of aromatic nitrogens is 2. The van der Waals surface area contributed by atoms with Crippen molar-refractivity contribution >= 4 is 21.8 Å². The summed E-state index contributed by atoms with van der Waals surface area (Å²) >= 11 is 0. The first kappa shape index (κ1) is 19.0. The van der Waals surface area contributed by atoms with E-state index in [0.29, 0.717) is 5.56 Å². The van der Waals surface area contributed by atoms with Crippen LogP contribution in [-0.4, -0.2) is 9.55 Å². The number of para-hydroxylation sites is 2. The van der Waals surface area contributed by atoms with Gasteiger partial charge in [0.05, 0.1) is 16.6 Å². The number of fused-ring (bicyclic) bond motifs is 3. The highest BCUT2D eigenvalue weighted by Gasteiger charge is 2.13. The summed E-state index contributed by atoms with van der Waals surface area (Å²) in [6, 6.07) is 38.2. The van der Waals surface area contributed by atoms with E-state index in [2.05, 4.69) is 107 Å². The van der Waals surface area contributed by atoms with Gasteiger partial charge in [0.25, 0.3) is 0 Å². The van der Waals surface area contributed by atoms with Gasteiger partial charge >= 0.3 is 0 Å². The monoisotopic (exact) mass is 421 g/mol. The van der Waals surface area contributed by atoms with Gasteiger partial charge in [-0.15, -0.1) is 0 Å². The Morgan fingerprint density at radius 3 is 2.15 bits per heavy atom. The molecule has 6 aromatic rings. The van der Waals surface area contributed by atoms with Gasteiger partial charge in [0.1, 0.15) is 6.07 Å².